The van der Waals surface area contributed by atoms with Crippen LogP contribution in [0.4, 0.5) is 10.2 Å². The van der Waals surface area contributed by atoms with Crippen molar-refractivity contribution in [1.82, 2.24) is 14.2 Å². The van der Waals surface area contributed by atoms with Crippen LogP contribution in [-0.4, -0.2) is 67.0 Å². The number of carboxylic acid groups (broad SMARTS) is 1. The maximum atomic E-state index is 15.5. The van der Waals surface area contributed by atoms with Crippen molar-refractivity contribution < 1.29 is 37.7 Å². The fourth-order valence-electron chi connectivity index (χ4n) is 3.93. The maximum Gasteiger partial charge on any atom is 0.462 e. The maximum absolute atomic E-state index is 15.5. The van der Waals surface area contributed by atoms with Crippen molar-refractivity contribution >= 4 is 19.5 Å². The number of halogens is 1. The van der Waals surface area contributed by atoms with Gasteiger partial charge in [0.05, 0.1) is 6.61 Å². The minimum Gasteiger partial charge on any atom is -0.480 e. The number of carbonyl (C=O) groups is 1. The van der Waals surface area contributed by atoms with Crippen LogP contribution in [0.25, 0.3) is 0 Å². The SMILES string of the molecule is CC(C)N([C@@H](C)C(=O)O)[P@](=O)(OC[C@H]1O[C@@H](n2ccc(N)nc2=O)[C@](C)(F)[C@@H]1O)Oc1ccccc1. The number of nitrogens with zero attached hydrogens (tertiary/aromatic N) is 3. The predicted molar refractivity (Wildman–Crippen MR) is 127 cm³/mol. The van der Waals surface area contributed by atoms with Crippen molar-refractivity contribution in [3.63, 3.8) is 0 Å². The van der Waals surface area contributed by atoms with E-state index in [1.165, 1.54) is 31.3 Å². The van der Waals surface area contributed by atoms with Crippen LogP contribution in [0.5, 0.6) is 5.75 Å². The van der Waals surface area contributed by atoms with Crippen molar-refractivity contribution in [2.75, 3.05) is 12.3 Å². The number of ether oxygens (including phenoxy) is 1. The highest BCUT2D eigenvalue weighted by Crippen LogP contribution is 2.55. The van der Waals surface area contributed by atoms with E-state index in [0.717, 1.165) is 16.2 Å². The molecule has 0 unspecified atom stereocenters. The van der Waals surface area contributed by atoms with Gasteiger partial charge in [0.25, 0.3) is 0 Å². The van der Waals surface area contributed by atoms with Crippen LogP contribution in [-0.2, 0) is 18.6 Å². The zero-order valence-electron chi connectivity index (χ0n) is 20.2. The number of benzene rings is 1. The van der Waals surface area contributed by atoms with Crippen LogP contribution in [0.2, 0.25) is 0 Å². The van der Waals surface area contributed by atoms with E-state index >= 15 is 4.39 Å². The first-order valence-corrected chi connectivity index (χ1v) is 12.7. The van der Waals surface area contributed by atoms with Crippen LogP contribution in [0.1, 0.15) is 33.9 Å². The summed E-state index contributed by atoms with van der Waals surface area (Å²) in [4.78, 5) is 27.5. The number of nitrogen functional groups attached to an aromatic ring is 1. The topological polar surface area (TPSA) is 166 Å². The highest BCUT2D eigenvalue weighted by molar-refractivity contribution is 7.51. The van der Waals surface area contributed by atoms with Crippen LogP contribution in [0.15, 0.2) is 47.4 Å². The molecular weight excluding hydrogens is 498 g/mol. The van der Waals surface area contributed by atoms with Crippen LogP contribution >= 0.6 is 7.75 Å². The molecule has 0 amide bonds. The van der Waals surface area contributed by atoms with E-state index < -0.39 is 62.2 Å². The number of alkyl halides is 1. The smallest absolute Gasteiger partial charge is 0.462 e. The Balaban J connectivity index is 1.91. The van der Waals surface area contributed by atoms with Gasteiger partial charge in [-0.05, 0) is 45.9 Å². The molecule has 0 radical (unpaired) electrons. The summed E-state index contributed by atoms with van der Waals surface area (Å²) in [5.74, 6) is -1.20. The highest BCUT2D eigenvalue weighted by Gasteiger charge is 2.56. The Morgan fingerprint density at radius 1 is 1.33 bits per heavy atom. The first kappa shape index (κ1) is 27.8. The third-order valence-electron chi connectivity index (χ3n) is 5.75. The lowest BCUT2D eigenvalue weighted by Crippen LogP contribution is -2.44. The zero-order valence-corrected chi connectivity index (χ0v) is 21.1. The first-order chi connectivity index (χ1) is 16.8. The summed E-state index contributed by atoms with van der Waals surface area (Å²) in [5, 5.41) is 20.2. The number of carboxylic acids is 1. The summed E-state index contributed by atoms with van der Waals surface area (Å²) in [7, 11) is -4.40. The van der Waals surface area contributed by atoms with E-state index in [0.29, 0.717) is 0 Å². The molecule has 12 nitrogen and oxygen atoms in total. The fourth-order valence-corrected chi connectivity index (χ4v) is 6.03. The van der Waals surface area contributed by atoms with Crippen molar-refractivity contribution in [3.05, 3.63) is 53.1 Å². The molecule has 198 valence electrons. The standard InChI is InChI=1S/C22H30FN4O8P/c1-13(2)27(14(3)19(29)30)36(32,35-15-8-6-5-7-9-15)33-12-16-18(28)22(4,23)20(34-16)26-11-10-17(24)25-21(26)31/h5-11,13-14,16,18,20,28H,12H2,1-4H3,(H,29,30)(H2,24,25,31)/t14-,16+,18+,20+,22+,36-/m0/s1. The van der Waals surface area contributed by atoms with Gasteiger partial charge in [-0.2, -0.15) is 9.65 Å². The summed E-state index contributed by atoms with van der Waals surface area (Å²) in [6.07, 6.45) is -3.60. The van der Waals surface area contributed by atoms with Gasteiger partial charge in [-0.1, -0.05) is 18.2 Å². The van der Waals surface area contributed by atoms with Gasteiger partial charge < -0.3 is 25.2 Å². The molecule has 1 aromatic carbocycles. The Labute approximate surface area is 207 Å². The Bertz CT molecular complexity index is 1180. The van der Waals surface area contributed by atoms with E-state index in [1.54, 1.807) is 32.0 Å². The molecule has 4 N–H and O–H groups in total. The molecule has 1 saturated heterocycles. The molecule has 1 fully saturated rings. The fraction of sp³-hybridized carbons (Fsp3) is 0.500. The first-order valence-electron chi connectivity index (χ1n) is 11.2. The minimum absolute atomic E-state index is 0.0735. The molecule has 36 heavy (non-hydrogen) atoms. The average molecular weight is 528 g/mol. The molecule has 6 atom stereocenters. The van der Waals surface area contributed by atoms with Gasteiger partial charge in [0.1, 0.15) is 29.8 Å². The number of aliphatic hydroxyl groups is 1. The molecule has 14 heteroatoms. The number of aromatic nitrogens is 2. The second-order valence-electron chi connectivity index (χ2n) is 8.82. The lowest BCUT2D eigenvalue weighted by Gasteiger charge is -2.35. The van der Waals surface area contributed by atoms with Gasteiger partial charge in [0, 0.05) is 12.2 Å². The third-order valence-corrected chi connectivity index (χ3v) is 8.04. The second kappa shape index (κ2) is 10.7. The number of aliphatic hydroxyl groups excluding tert-OH is 1. The summed E-state index contributed by atoms with van der Waals surface area (Å²) < 4.78 is 48.4. The molecule has 0 saturated carbocycles. The quantitative estimate of drug-likeness (QED) is 0.387. The van der Waals surface area contributed by atoms with Crippen LogP contribution < -0.4 is 15.9 Å². The Morgan fingerprint density at radius 2 is 1.97 bits per heavy atom. The summed E-state index contributed by atoms with van der Waals surface area (Å²) >= 11 is 0. The van der Waals surface area contributed by atoms with E-state index in [9.17, 15) is 24.4 Å². The van der Waals surface area contributed by atoms with Gasteiger partial charge in [-0.3, -0.25) is 13.9 Å². The number of rotatable bonds is 10. The summed E-state index contributed by atoms with van der Waals surface area (Å²) in [5.41, 5.74) is 2.13. The van der Waals surface area contributed by atoms with Crippen LogP contribution in [0.3, 0.4) is 0 Å². The molecule has 2 heterocycles. The van der Waals surface area contributed by atoms with E-state index in [4.69, 9.17) is 19.5 Å². The van der Waals surface area contributed by atoms with Crippen molar-refractivity contribution in [2.45, 2.75) is 63.9 Å². The number of anilines is 1. The van der Waals surface area contributed by atoms with Gasteiger partial charge in [-0.15, -0.1) is 0 Å². The van der Waals surface area contributed by atoms with E-state index in [2.05, 4.69) is 4.98 Å². The minimum atomic E-state index is -4.40. The lowest BCUT2D eigenvalue weighted by molar-refractivity contribution is -0.141. The largest absolute Gasteiger partial charge is 0.480 e. The van der Waals surface area contributed by atoms with E-state index in [1.807, 2.05) is 0 Å². The Kier molecular flexibility index (Phi) is 8.21. The third kappa shape index (κ3) is 5.60. The normalized spacial score (nSPS) is 26.6. The highest BCUT2D eigenvalue weighted by atomic mass is 31.2. The molecule has 1 aliphatic heterocycles. The number of aliphatic carboxylic acids is 1. The molecule has 3 rings (SSSR count). The Hall–Kier alpha value is -2.83. The Morgan fingerprint density at radius 3 is 2.53 bits per heavy atom. The monoisotopic (exact) mass is 528 g/mol. The van der Waals surface area contributed by atoms with Gasteiger partial charge in [0.15, 0.2) is 11.9 Å². The number of hydrogen-bond acceptors (Lipinski definition) is 9. The van der Waals surface area contributed by atoms with Crippen molar-refractivity contribution in [2.24, 2.45) is 0 Å². The molecule has 1 aliphatic rings. The van der Waals surface area contributed by atoms with E-state index in [-0.39, 0.29) is 11.6 Å². The van der Waals surface area contributed by atoms with Crippen LogP contribution in [0, 0.1) is 0 Å². The number of hydrogen-bond donors (Lipinski definition) is 3. The van der Waals surface area contributed by atoms with Gasteiger partial charge in [-0.25, -0.2) is 13.8 Å². The van der Waals surface area contributed by atoms with Gasteiger partial charge in [0.2, 0.25) is 0 Å². The summed E-state index contributed by atoms with van der Waals surface area (Å²) in [6.45, 7) is 4.94. The molecular formula is C22H30FN4O8P. The lowest BCUT2D eigenvalue weighted by atomic mass is 9.98. The molecule has 0 bridgehead atoms. The van der Waals surface area contributed by atoms with Crippen molar-refractivity contribution in [1.29, 1.82) is 0 Å². The second-order valence-corrected chi connectivity index (χ2v) is 10.7. The summed E-state index contributed by atoms with van der Waals surface area (Å²) in [6, 6.07) is 7.35. The molecule has 0 spiro atoms. The molecule has 2 aromatic rings. The van der Waals surface area contributed by atoms with Gasteiger partial charge >= 0.3 is 19.4 Å². The predicted octanol–water partition coefficient (Wildman–Crippen LogP) is 2.20. The average Bonchev–Trinajstić information content (AvgIpc) is 3.01. The van der Waals surface area contributed by atoms with Crippen molar-refractivity contribution in [3.8, 4) is 5.75 Å². The molecule has 1 aromatic heterocycles. The number of para-hydroxylation sites is 1. The number of nitrogens with two attached hydrogens (primary N) is 1. The molecule has 0 aliphatic carbocycles. The zero-order chi connectivity index (χ0) is 26.8.